The lowest BCUT2D eigenvalue weighted by molar-refractivity contribution is -0.145. The van der Waals surface area contributed by atoms with E-state index < -0.39 is 5.41 Å². The van der Waals surface area contributed by atoms with E-state index in [0.717, 1.165) is 67.0 Å². The van der Waals surface area contributed by atoms with Gasteiger partial charge in [-0.3, -0.25) is 9.59 Å². The molecule has 2 aliphatic heterocycles. The minimum Gasteiger partial charge on any atom is -0.493 e. The van der Waals surface area contributed by atoms with Crippen molar-refractivity contribution < 1.29 is 19.4 Å². The standard InChI is InChI=1S/C29H43ClN2O4/c1-21-16-25(17-22(2)27(21)30)36-20-29(18-26(34)31-14-10-24(33)11-15-31)12-7-13-32(19-29)28(35)23-8-5-3-4-6-9-23/h16-17,23-24,33H,3-15,18-20H2,1-2H3/t29-/m0/s1. The fourth-order valence-electron chi connectivity index (χ4n) is 6.27. The number of nitrogens with zero attached hydrogens (tertiary/aromatic N) is 2. The van der Waals surface area contributed by atoms with Crippen LogP contribution in [0.15, 0.2) is 12.1 Å². The Kier molecular flexibility index (Phi) is 9.21. The Morgan fingerprint density at radius 1 is 0.972 bits per heavy atom. The van der Waals surface area contributed by atoms with Crippen LogP contribution in [0.1, 0.15) is 81.8 Å². The van der Waals surface area contributed by atoms with E-state index in [1.54, 1.807) is 0 Å². The molecule has 1 atom stereocenters. The summed E-state index contributed by atoms with van der Waals surface area (Å²) >= 11 is 6.36. The number of hydrogen-bond donors (Lipinski definition) is 1. The highest BCUT2D eigenvalue weighted by atomic mass is 35.5. The molecule has 1 N–H and O–H groups in total. The van der Waals surface area contributed by atoms with Gasteiger partial charge in [-0.15, -0.1) is 0 Å². The molecule has 0 aromatic heterocycles. The van der Waals surface area contributed by atoms with Crippen molar-refractivity contribution in [3.8, 4) is 5.75 Å². The van der Waals surface area contributed by atoms with E-state index in [-0.39, 0.29) is 23.8 Å². The smallest absolute Gasteiger partial charge is 0.225 e. The first kappa shape index (κ1) is 27.3. The van der Waals surface area contributed by atoms with Gasteiger partial charge in [0.25, 0.3) is 0 Å². The molecule has 200 valence electrons. The molecule has 7 heteroatoms. The van der Waals surface area contributed by atoms with Gasteiger partial charge in [0.1, 0.15) is 5.75 Å². The fourth-order valence-corrected chi connectivity index (χ4v) is 6.38. The van der Waals surface area contributed by atoms with Crippen LogP contribution in [-0.4, -0.2) is 65.6 Å². The second-order valence-electron chi connectivity index (χ2n) is 11.5. The maximum atomic E-state index is 13.6. The predicted octanol–water partition coefficient (Wildman–Crippen LogP) is 5.29. The van der Waals surface area contributed by atoms with E-state index in [2.05, 4.69) is 0 Å². The fraction of sp³-hybridized carbons (Fsp3) is 0.724. The second kappa shape index (κ2) is 12.2. The van der Waals surface area contributed by atoms with Crippen molar-refractivity contribution in [3.63, 3.8) is 0 Å². The number of ether oxygens (including phenoxy) is 1. The van der Waals surface area contributed by atoms with Crippen molar-refractivity contribution >= 4 is 23.4 Å². The minimum absolute atomic E-state index is 0.109. The third-order valence-electron chi connectivity index (χ3n) is 8.48. The topological polar surface area (TPSA) is 70.1 Å². The highest BCUT2D eigenvalue weighted by Crippen LogP contribution is 2.38. The Labute approximate surface area is 221 Å². The molecule has 2 heterocycles. The van der Waals surface area contributed by atoms with Gasteiger partial charge in [-0.1, -0.05) is 37.3 Å². The monoisotopic (exact) mass is 518 g/mol. The maximum Gasteiger partial charge on any atom is 0.225 e. The van der Waals surface area contributed by atoms with E-state index in [1.807, 2.05) is 35.8 Å². The van der Waals surface area contributed by atoms with Gasteiger partial charge in [0.15, 0.2) is 0 Å². The van der Waals surface area contributed by atoms with Gasteiger partial charge in [-0.05, 0) is 75.6 Å². The van der Waals surface area contributed by atoms with Gasteiger partial charge in [0.05, 0.1) is 12.7 Å². The van der Waals surface area contributed by atoms with Crippen LogP contribution >= 0.6 is 11.6 Å². The molecule has 36 heavy (non-hydrogen) atoms. The number of carbonyl (C=O) groups is 2. The maximum absolute atomic E-state index is 13.6. The van der Waals surface area contributed by atoms with Crippen LogP contribution in [0.4, 0.5) is 0 Å². The van der Waals surface area contributed by atoms with Gasteiger partial charge in [-0.25, -0.2) is 0 Å². The zero-order chi connectivity index (χ0) is 25.7. The first-order chi connectivity index (χ1) is 17.3. The number of benzene rings is 1. The van der Waals surface area contributed by atoms with E-state index in [0.29, 0.717) is 45.5 Å². The van der Waals surface area contributed by atoms with Gasteiger partial charge >= 0.3 is 0 Å². The van der Waals surface area contributed by atoms with Gasteiger partial charge in [0.2, 0.25) is 11.8 Å². The van der Waals surface area contributed by atoms with Gasteiger partial charge in [-0.2, -0.15) is 0 Å². The minimum atomic E-state index is -0.423. The summed E-state index contributed by atoms with van der Waals surface area (Å²) in [5.41, 5.74) is 1.52. The number of halogens is 1. The highest BCUT2D eigenvalue weighted by molar-refractivity contribution is 6.32. The quantitative estimate of drug-likeness (QED) is 0.519. The molecule has 3 aliphatic rings. The molecule has 1 aliphatic carbocycles. The van der Waals surface area contributed by atoms with Crippen LogP contribution in [0, 0.1) is 25.2 Å². The summed E-state index contributed by atoms with van der Waals surface area (Å²) in [4.78, 5) is 30.9. The number of aliphatic hydroxyl groups excluding tert-OH is 1. The number of hydrogen-bond acceptors (Lipinski definition) is 4. The first-order valence-corrected chi connectivity index (χ1v) is 14.3. The molecule has 0 radical (unpaired) electrons. The van der Waals surface area contributed by atoms with E-state index in [1.165, 1.54) is 12.8 Å². The molecule has 0 unspecified atom stereocenters. The van der Waals surface area contributed by atoms with Crippen LogP contribution in [0.3, 0.4) is 0 Å². The Morgan fingerprint density at radius 3 is 2.25 bits per heavy atom. The van der Waals surface area contributed by atoms with Crippen LogP contribution in [-0.2, 0) is 9.59 Å². The van der Waals surface area contributed by atoms with Crippen molar-refractivity contribution in [2.24, 2.45) is 11.3 Å². The number of aryl methyl sites for hydroxylation is 2. The van der Waals surface area contributed by atoms with Crippen molar-refractivity contribution in [2.45, 2.75) is 90.6 Å². The summed E-state index contributed by atoms with van der Waals surface area (Å²) in [6, 6.07) is 3.91. The summed E-state index contributed by atoms with van der Waals surface area (Å²) in [6.07, 6.45) is 9.72. The number of carbonyl (C=O) groups excluding carboxylic acids is 2. The molecule has 1 saturated carbocycles. The molecule has 3 fully saturated rings. The van der Waals surface area contributed by atoms with Crippen LogP contribution in [0.5, 0.6) is 5.75 Å². The second-order valence-corrected chi connectivity index (χ2v) is 11.9. The third-order valence-corrected chi connectivity index (χ3v) is 9.07. The molecule has 1 aromatic rings. The zero-order valence-electron chi connectivity index (χ0n) is 22.1. The number of amides is 2. The predicted molar refractivity (Wildman–Crippen MR) is 142 cm³/mol. The van der Waals surface area contributed by atoms with Crippen molar-refractivity contribution in [3.05, 3.63) is 28.3 Å². The van der Waals surface area contributed by atoms with Crippen LogP contribution in [0.25, 0.3) is 0 Å². The van der Waals surface area contributed by atoms with E-state index in [9.17, 15) is 14.7 Å². The molecule has 2 saturated heterocycles. The molecule has 0 bridgehead atoms. The SMILES string of the molecule is Cc1cc(OC[C@]2(CC(=O)N3CCC(O)CC3)CCCN(C(=O)C3CCCCCC3)C2)cc(C)c1Cl. The summed E-state index contributed by atoms with van der Waals surface area (Å²) < 4.78 is 6.36. The Morgan fingerprint density at radius 2 is 1.61 bits per heavy atom. The molecule has 0 spiro atoms. The van der Waals surface area contributed by atoms with E-state index in [4.69, 9.17) is 16.3 Å². The summed E-state index contributed by atoms with van der Waals surface area (Å²) in [7, 11) is 0. The lowest BCUT2D eigenvalue weighted by Crippen LogP contribution is -2.52. The Hall–Kier alpha value is -1.79. The number of piperidine rings is 2. The van der Waals surface area contributed by atoms with Crippen molar-refractivity contribution in [1.29, 1.82) is 0 Å². The van der Waals surface area contributed by atoms with Crippen LogP contribution < -0.4 is 4.74 Å². The lowest BCUT2D eigenvalue weighted by Gasteiger charge is -2.44. The van der Waals surface area contributed by atoms with Crippen molar-refractivity contribution in [1.82, 2.24) is 9.80 Å². The number of rotatable bonds is 6. The normalized spacial score (nSPS) is 24.4. The van der Waals surface area contributed by atoms with Crippen LogP contribution in [0.2, 0.25) is 5.02 Å². The summed E-state index contributed by atoms with van der Waals surface area (Å²) in [5.74, 6) is 1.25. The third kappa shape index (κ3) is 6.74. The number of aliphatic hydroxyl groups is 1. The van der Waals surface area contributed by atoms with Gasteiger partial charge in [0, 0.05) is 49.0 Å². The lowest BCUT2D eigenvalue weighted by atomic mass is 9.76. The van der Waals surface area contributed by atoms with Gasteiger partial charge < -0.3 is 19.6 Å². The first-order valence-electron chi connectivity index (χ1n) is 13.9. The summed E-state index contributed by atoms with van der Waals surface area (Å²) in [6.45, 7) is 6.86. The van der Waals surface area contributed by atoms with E-state index >= 15 is 0 Å². The molecular weight excluding hydrogens is 476 g/mol. The average Bonchev–Trinajstić information content (AvgIpc) is 3.16. The molecular formula is C29H43ClN2O4. The largest absolute Gasteiger partial charge is 0.493 e. The molecule has 6 nitrogen and oxygen atoms in total. The molecule has 4 rings (SSSR count). The Balaban J connectivity index is 1.51. The number of likely N-dealkylation sites (tertiary alicyclic amines) is 2. The summed E-state index contributed by atoms with van der Waals surface area (Å²) in [5, 5.41) is 10.6. The average molecular weight is 519 g/mol. The highest BCUT2D eigenvalue weighted by Gasteiger charge is 2.42. The molecule has 1 aromatic carbocycles. The van der Waals surface area contributed by atoms with Crippen molar-refractivity contribution in [2.75, 3.05) is 32.8 Å². The molecule has 2 amide bonds. The zero-order valence-corrected chi connectivity index (χ0v) is 22.8. The Bertz CT molecular complexity index is 899.